The minimum absolute atomic E-state index is 0.0343. The van der Waals surface area contributed by atoms with Crippen molar-refractivity contribution in [2.24, 2.45) is 5.92 Å². The maximum atomic E-state index is 10.2. The lowest BCUT2D eigenvalue weighted by Crippen LogP contribution is -2.34. The van der Waals surface area contributed by atoms with E-state index in [2.05, 4.69) is 31.2 Å². The van der Waals surface area contributed by atoms with Gasteiger partial charge in [0.2, 0.25) is 0 Å². The molecule has 2 N–H and O–H groups in total. The Kier molecular flexibility index (Phi) is 17.4. The summed E-state index contributed by atoms with van der Waals surface area (Å²) in [7, 11) is 0. The van der Waals surface area contributed by atoms with E-state index in [0.717, 1.165) is 23.5 Å². The zero-order valence-electron chi connectivity index (χ0n) is 29.1. The van der Waals surface area contributed by atoms with Crippen molar-refractivity contribution in [1.29, 1.82) is 0 Å². The highest BCUT2D eigenvalue weighted by atomic mass is 16.3. The first-order chi connectivity index (χ1) is 21.5. The van der Waals surface area contributed by atoms with E-state index in [-0.39, 0.29) is 5.41 Å². The van der Waals surface area contributed by atoms with E-state index in [1.807, 2.05) is 26.0 Å². The molecule has 0 bridgehead atoms. The summed E-state index contributed by atoms with van der Waals surface area (Å²) in [6, 6.07) is 12.5. The van der Waals surface area contributed by atoms with Crippen LogP contribution in [0.25, 0.3) is 0 Å². The number of phenols is 2. The number of aromatic hydroxyl groups is 2. The molecular weight excluding hydrogens is 536 g/mol. The fourth-order valence-corrected chi connectivity index (χ4v) is 7.92. The first-order valence-corrected chi connectivity index (χ1v) is 19.1. The molecule has 0 aromatic heterocycles. The fourth-order valence-electron chi connectivity index (χ4n) is 7.92. The van der Waals surface area contributed by atoms with Crippen molar-refractivity contribution in [3.05, 3.63) is 58.7 Å². The highest BCUT2D eigenvalue weighted by Gasteiger charge is 2.39. The van der Waals surface area contributed by atoms with Crippen LogP contribution in [-0.2, 0) is 5.41 Å². The second-order valence-electron chi connectivity index (χ2n) is 14.6. The van der Waals surface area contributed by atoms with Gasteiger partial charge in [-0.05, 0) is 67.0 Å². The van der Waals surface area contributed by atoms with Crippen molar-refractivity contribution in [2.75, 3.05) is 0 Å². The van der Waals surface area contributed by atoms with Gasteiger partial charge >= 0.3 is 0 Å². The van der Waals surface area contributed by atoms with E-state index >= 15 is 0 Å². The second-order valence-corrected chi connectivity index (χ2v) is 14.6. The lowest BCUT2D eigenvalue weighted by Gasteiger charge is -2.43. The number of unbranched alkanes of at least 4 members (excludes halogenated alkanes) is 19. The van der Waals surface area contributed by atoms with E-state index in [1.54, 1.807) is 0 Å². The van der Waals surface area contributed by atoms with Gasteiger partial charge in [-0.1, -0.05) is 179 Å². The van der Waals surface area contributed by atoms with Gasteiger partial charge in [0, 0.05) is 5.41 Å². The van der Waals surface area contributed by atoms with Gasteiger partial charge < -0.3 is 10.2 Å². The number of rotatable bonds is 23. The van der Waals surface area contributed by atoms with E-state index in [4.69, 9.17) is 0 Å². The van der Waals surface area contributed by atoms with Gasteiger partial charge in [-0.25, -0.2) is 0 Å². The summed E-state index contributed by atoms with van der Waals surface area (Å²) in [5, 5.41) is 20.5. The van der Waals surface area contributed by atoms with Gasteiger partial charge in [0.1, 0.15) is 11.5 Å². The van der Waals surface area contributed by atoms with E-state index < -0.39 is 0 Å². The standard InChI is InChI=1S/C42H68O2/c1-4-5-6-7-8-9-10-11-12-13-14-15-16-17-18-19-20-21-22-23-25-37-26-24-31-42(34-37,38-27-29-40(43)35(2)32-38)39-28-30-41(44)36(3)33-39/h27-30,32-33,37,43-44H,4-26,31,34H2,1-3H3. The molecule has 1 fully saturated rings. The predicted molar refractivity (Wildman–Crippen MR) is 191 cm³/mol. The van der Waals surface area contributed by atoms with Crippen LogP contribution in [0.2, 0.25) is 0 Å². The van der Waals surface area contributed by atoms with Crippen molar-refractivity contribution in [3.63, 3.8) is 0 Å². The molecule has 0 amide bonds. The number of hydrogen-bond donors (Lipinski definition) is 2. The van der Waals surface area contributed by atoms with Crippen LogP contribution in [0, 0.1) is 19.8 Å². The summed E-state index contributed by atoms with van der Waals surface area (Å²) in [6.07, 6.45) is 34.8. The minimum atomic E-state index is -0.0343. The molecule has 2 heteroatoms. The molecule has 0 aliphatic heterocycles. The molecule has 0 saturated heterocycles. The van der Waals surface area contributed by atoms with Crippen molar-refractivity contribution < 1.29 is 10.2 Å². The average molecular weight is 605 g/mol. The molecule has 1 aliphatic rings. The van der Waals surface area contributed by atoms with E-state index in [9.17, 15) is 10.2 Å². The van der Waals surface area contributed by atoms with E-state index in [0.29, 0.717) is 11.5 Å². The summed E-state index contributed by atoms with van der Waals surface area (Å²) >= 11 is 0. The summed E-state index contributed by atoms with van der Waals surface area (Å²) in [5.74, 6) is 1.49. The molecule has 0 radical (unpaired) electrons. The number of phenolic OH excluding ortho intramolecular Hbond substituents is 2. The third-order valence-corrected chi connectivity index (χ3v) is 10.8. The van der Waals surface area contributed by atoms with Crippen molar-refractivity contribution >= 4 is 0 Å². The molecule has 0 spiro atoms. The third-order valence-electron chi connectivity index (χ3n) is 10.8. The highest BCUT2D eigenvalue weighted by molar-refractivity contribution is 5.48. The molecule has 0 heterocycles. The Bertz CT molecular complexity index is 989. The van der Waals surface area contributed by atoms with Gasteiger partial charge in [-0.15, -0.1) is 0 Å². The molecule has 2 aromatic carbocycles. The average Bonchev–Trinajstić information content (AvgIpc) is 3.02. The SMILES string of the molecule is CCCCCCCCCCCCCCCCCCCCCCC1CCCC(c2ccc(O)c(C)c2)(c2ccc(O)c(C)c2)C1. The molecule has 1 saturated carbocycles. The van der Waals surface area contributed by atoms with Gasteiger partial charge in [-0.3, -0.25) is 0 Å². The Morgan fingerprint density at radius 3 is 1.34 bits per heavy atom. The van der Waals surface area contributed by atoms with E-state index in [1.165, 1.54) is 165 Å². The molecule has 3 rings (SSSR count). The van der Waals surface area contributed by atoms with Crippen molar-refractivity contribution in [2.45, 2.75) is 187 Å². The second kappa shape index (κ2) is 21.0. The fraction of sp³-hybridized carbons (Fsp3) is 0.714. The highest BCUT2D eigenvalue weighted by Crippen LogP contribution is 2.49. The van der Waals surface area contributed by atoms with Crippen LogP contribution in [0.1, 0.15) is 190 Å². The molecule has 248 valence electrons. The van der Waals surface area contributed by atoms with Crippen LogP contribution < -0.4 is 0 Å². The zero-order chi connectivity index (χ0) is 31.5. The van der Waals surface area contributed by atoms with Crippen LogP contribution in [-0.4, -0.2) is 10.2 Å². The molecule has 1 atom stereocenters. The lowest BCUT2D eigenvalue weighted by molar-refractivity contribution is 0.240. The molecule has 2 aromatic rings. The van der Waals surface area contributed by atoms with Crippen molar-refractivity contribution in [1.82, 2.24) is 0 Å². The van der Waals surface area contributed by atoms with Crippen LogP contribution in [0.4, 0.5) is 0 Å². The van der Waals surface area contributed by atoms with Crippen molar-refractivity contribution in [3.8, 4) is 11.5 Å². The molecule has 2 nitrogen and oxygen atoms in total. The number of benzene rings is 2. The Hall–Kier alpha value is -1.96. The van der Waals surface area contributed by atoms with Crippen LogP contribution in [0.15, 0.2) is 36.4 Å². The quantitative estimate of drug-likeness (QED) is 0.124. The maximum Gasteiger partial charge on any atom is 0.118 e. The number of aryl methyl sites for hydroxylation is 2. The summed E-state index contributed by atoms with van der Waals surface area (Å²) in [4.78, 5) is 0. The maximum absolute atomic E-state index is 10.2. The van der Waals surface area contributed by atoms with Gasteiger partial charge in [0.25, 0.3) is 0 Å². The Morgan fingerprint density at radius 2 is 0.955 bits per heavy atom. The van der Waals surface area contributed by atoms with Crippen LogP contribution >= 0.6 is 0 Å². The number of hydrogen-bond acceptors (Lipinski definition) is 2. The third kappa shape index (κ3) is 12.4. The van der Waals surface area contributed by atoms with Gasteiger partial charge in [0.15, 0.2) is 0 Å². The van der Waals surface area contributed by atoms with Crippen LogP contribution in [0.5, 0.6) is 11.5 Å². The molecule has 1 aliphatic carbocycles. The first-order valence-electron chi connectivity index (χ1n) is 19.1. The summed E-state index contributed by atoms with van der Waals surface area (Å²) in [6.45, 7) is 6.32. The zero-order valence-corrected chi connectivity index (χ0v) is 29.1. The topological polar surface area (TPSA) is 40.5 Å². The largest absolute Gasteiger partial charge is 0.508 e. The smallest absolute Gasteiger partial charge is 0.118 e. The Balaban J connectivity index is 1.26. The summed E-state index contributed by atoms with van der Waals surface area (Å²) < 4.78 is 0. The lowest BCUT2D eigenvalue weighted by atomic mass is 9.61. The monoisotopic (exact) mass is 605 g/mol. The first kappa shape index (κ1) is 36.5. The predicted octanol–water partition coefficient (Wildman–Crippen LogP) is 13.4. The molecule has 1 unspecified atom stereocenters. The minimum Gasteiger partial charge on any atom is -0.508 e. The molecule has 44 heavy (non-hydrogen) atoms. The normalized spacial score (nSPS) is 16.4. The van der Waals surface area contributed by atoms with Gasteiger partial charge in [-0.2, -0.15) is 0 Å². The summed E-state index contributed by atoms with van der Waals surface area (Å²) in [5.41, 5.74) is 4.52. The Morgan fingerprint density at radius 1 is 0.568 bits per heavy atom. The Labute approximate surface area is 272 Å². The van der Waals surface area contributed by atoms with Crippen LogP contribution in [0.3, 0.4) is 0 Å². The molecular formula is C42H68O2. The van der Waals surface area contributed by atoms with Gasteiger partial charge in [0.05, 0.1) is 0 Å².